The van der Waals surface area contributed by atoms with Gasteiger partial charge in [-0.05, 0) is 45.8 Å². The zero-order chi connectivity index (χ0) is 14.9. The fraction of sp³-hybridized carbons (Fsp3) is 0. The van der Waals surface area contributed by atoms with Gasteiger partial charge in [-0.1, -0.05) is 28.1 Å². The Hall–Kier alpha value is -1.80. The van der Waals surface area contributed by atoms with E-state index in [4.69, 9.17) is 0 Å². The zero-order valence-corrected chi connectivity index (χ0v) is 12.9. The lowest BCUT2D eigenvalue weighted by Gasteiger charge is -2.05. The van der Waals surface area contributed by atoms with Crippen molar-refractivity contribution in [1.82, 2.24) is 0 Å². The monoisotopic (exact) mass is 400 g/mol. The van der Waals surface area contributed by atoms with E-state index < -0.39 is 21.2 Å². The molecule has 0 unspecified atom stereocenters. The molecule has 0 saturated carbocycles. The number of nitro benzene ring substituents is 2. The van der Waals surface area contributed by atoms with E-state index in [1.54, 1.807) is 24.3 Å². The maximum atomic E-state index is 11.2. The molecule has 0 fully saturated rings. The third-order valence-electron chi connectivity index (χ3n) is 2.62. The van der Waals surface area contributed by atoms with Gasteiger partial charge in [-0.15, -0.1) is 0 Å². The van der Waals surface area contributed by atoms with Gasteiger partial charge >= 0.3 is 11.4 Å². The molecule has 2 aromatic rings. The predicted molar refractivity (Wildman–Crippen MR) is 80.6 cm³/mol. The lowest BCUT2D eigenvalue weighted by molar-refractivity contribution is -0.422. The second kappa shape index (κ2) is 5.68. The number of nitro groups is 2. The molecule has 20 heavy (non-hydrogen) atoms. The van der Waals surface area contributed by atoms with Crippen LogP contribution < -0.4 is 0 Å². The van der Waals surface area contributed by atoms with Crippen molar-refractivity contribution in [2.75, 3.05) is 0 Å². The molecular weight excluding hydrogens is 396 g/mol. The maximum Gasteiger partial charge on any atom is 0.360 e. The normalized spacial score (nSPS) is 10.3. The third-order valence-corrected chi connectivity index (χ3v) is 3.79. The SMILES string of the molecule is O=[N+]([O-])c1c(Br)ccc(-c2ccc(Br)cc2)c1[N+](=O)[O-]. The van der Waals surface area contributed by atoms with Crippen LogP contribution in [0.2, 0.25) is 0 Å². The Morgan fingerprint density at radius 1 is 0.800 bits per heavy atom. The molecule has 0 saturated heterocycles. The van der Waals surface area contributed by atoms with E-state index in [1.807, 2.05) is 0 Å². The molecule has 0 atom stereocenters. The summed E-state index contributed by atoms with van der Waals surface area (Å²) >= 11 is 6.25. The Bertz CT molecular complexity index is 701. The van der Waals surface area contributed by atoms with Gasteiger partial charge in [0.05, 0.1) is 15.4 Å². The molecule has 6 nitrogen and oxygen atoms in total. The van der Waals surface area contributed by atoms with Crippen LogP contribution in [0, 0.1) is 20.2 Å². The van der Waals surface area contributed by atoms with Crippen LogP contribution in [0.25, 0.3) is 11.1 Å². The van der Waals surface area contributed by atoms with Crippen molar-refractivity contribution >= 4 is 43.2 Å². The minimum absolute atomic E-state index is 0.0788. The number of hydrogen-bond acceptors (Lipinski definition) is 4. The number of hydrogen-bond donors (Lipinski definition) is 0. The molecule has 0 aliphatic rings. The van der Waals surface area contributed by atoms with Gasteiger partial charge in [0.15, 0.2) is 0 Å². The van der Waals surface area contributed by atoms with Crippen LogP contribution in [0.1, 0.15) is 0 Å². The largest absolute Gasteiger partial charge is 0.360 e. The first-order chi connectivity index (χ1) is 9.41. The molecule has 2 aromatic carbocycles. The van der Waals surface area contributed by atoms with Gasteiger partial charge in [0, 0.05) is 4.47 Å². The average molecular weight is 402 g/mol. The Morgan fingerprint density at radius 2 is 1.35 bits per heavy atom. The summed E-state index contributed by atoms with van der Waals surface area (Å²) in [6.45, 7) is 0. The summed E-state index contributed by atoms with van der Waals surface area (Å²) in [5.74, 6) is 0. The Morgan fingerprint density at radius 3 is 1.85 bits per heavy atom. The maximum absolute atomic E-state index is 11.2. The van der Waals surface area contributed by atoms with Gasteiger partial charge in [0.2, 0.25) is 0 Å². The van der Waals surface area contributed by atoms with Gasteiger partial charge < -0.3 is 0 Å². The molecular formula is C12H6Br2N2O4. The summed E-state index contributed by atoms with van der Waals surface area (Å²) < 4.78 is 0.894. The molecule has 102 valence electrons. The van der Waals surface area contributed by atoms with E-state index in [2.05, 4.69) is 31.9 Å². The first-order valence-corrected chi connectivity index (χ1v) is 6.87. The third kappa shape index (κ3) is 2.70. The molecule has 0 heterocycles. The minimum atomic E-state index is -0.759. The Labute approximate surface area is 130 Å². The van der Waals surface area contributed by atoms with Crippen LogP contribution in [-0.4, -0.2) is 9.85 Å². The smallest absolute Gasteiger partial charge is 0.258 e. The summed E-state index contributed by atoms with van der Waals surface area (Å²) in [6.07, 6.45) is 0. The van der Waals surface area contributed by atoms with Crippen LogP contribution in [0.4, 0.5) is 11.4 Å². The van der Waals surface area contributed by atoms with Gasteiger partial charge in [-0.25, -0.2) is 0 Å². The molecule has 2 rings (SSSR count). The summed E-state index contributed by atoms with van der Waals surface area (Å²) in [6, 6.07) is 9.66. The molecule has 0 radical (unpaired) electrons. The first kappa shape index (κ1) is 14.6. The first-order valence-electron chi connectivity index (χ1n) is 5.29. The number of halogens is 2. The Balaban J connectivity index is 2.77. The zero-order valence-electron chi connectivity index (χ0n) is 9.75. The van der Waals surface area contributed by atoms with Crippen molar-refractivity contribution in [3.05, 3.63) is 65.6 Å². The van der Waals surface area contributed by atoms with Gasteiger partial charge in [0.1, 0.15) is 4.47 Å². The van der Waals surface area contributed by atoms with E-state index in [0.717, 1.165) is 4.47 Å². The highest BCUT2D eigenvalue weighted by Crippen LogP contribution is 2.42. The highest BCUT2D eigenvalue weighted by Gasteiger charge is 2.32. The van der Waals surface area contributed by atoms with Gasteiger partial charge in [-0.3, -0.25) is 20.2 Å². The average Bonchev–Trinajstić information content (AvgIpc) is 2.39. The van der Waals surface area contributed by atoms with E-state index in [0.29, 0.717) is 5.56 Å². The summed E-state index contributed by atoms with van der Waals surface area (Å²) in [4.78, 5) is 20.8. The summed E-state index contributed by atoms with van der Waals surface area (Å²) in [5, 5.41) is 22.3. The van der Waals surface area contributed by atoms with Crippen molar-refractivity contribution < 1.29 is 9.85 Å². The van der Waals surface area contributed by atoms with Crippen molar-refractivity contribution in [2.45, 2.75) is 0 Å². The van der Waals surface area contributed by atoms with Crippen molar-refractivity contribution in [3.63, 3.8) is 0 Å². The fourth-order valence-electron chi connectivity index (χ4n) is 1.78. The number of nitrogens with zero attached hydrogens (tertiary/aromatic N) is 2. The summed E-state index contributed by atoms with van der Waals surface area (Å²) in [7, 11) is 0. The number of benzene rings is 2. The van der Waals surface area contributed by atoms with Gasteiger partial charge in [-0.2, -0.15) is 0 Å². The van der Waals surface area contributed by atoms with Crippen molar-refractivity contribution in [1.29, 1.82) is 0 Å². The van der Waals surface area contributed by atoms with Crippen LogP contribution >= 0.6 is 31.9 Å². The topological polar surface area (TPSA) is 86.3 Å². The predicted octanol–water partition coefficient (Wildman–Crippen LogP) is 4.70. The molecule has 0 bridgehead atoms. The molecule has 0 N–H and O–H groups in total. The van der Waals surface area contributed by atoms with Crippen molar-refractivity contribution in [3.8, 4) is 11.1 Å². The Kier molecular flexibility index (Phi) is 4.15. The lowest BCUT2D eigenvalue weighted by atomic mass is 10.0. The minimum Gasteiger partial charge on any atom is -0.258 e. The van der Waals surface area contributed by atoms with Crippen LogP contribution in [0.15, 0.2) is 45.3 Å². The van der Waals surface area contributed by atoms with Gasteiger partial charge in [0.25, 0.3) is 0 Å². The lowest BCUT2D eigenvalue weighted by Crippen LogP contribution is -2.00. The molecule has 0 aliphatic carbocycles. The molecule has 0 spiro atoms. The molecule has 8 heteroatoms. The second-order valence-corrected chi connectivity index (χ2v) is 5.58. The van der Waals surface area contributed by atoms with E-state index >= 15 is 0 Å². The summed E-state index contributed by atoms with van der Waals surface area (Å²) in [5.41, 5.74) is -0.324. The van der Waals surface area contributed by atoms with E-state index in [1.165, 1.54) is 12.1 Å². The highest BCUT2D eigenvalue weighted by molar-refractivity contribution is 9.10. The number of rotatable bonds is 3. The van der Waals surface area contributed by atoms with Crippen LogP contribution in [-0.2, 0) is 0 Å². The fourth-order valence-corrected chi connectivity index (χ4v) is 2.50. The molecule has 0 amide bonds. The second-order valence-electron chi connectivity index (χ2n) is 3.81. The standard InChI is InChI=1S/C12H6Br2N2O4/c13-8-3-1-7(2-4-8)9-5-6-10(14)12(16(19)20)11(9)15(17)18/h1-6H. The van der Waals surface area contributed by atoms with Crippen molar-refractivity contribution in [2.24, 2.45) is 0 Å². The quantitative estimate of drug-likeness (QED) is 0.551. The molecule has 0 aromatic heterocycles. The van der Waals surface area contributed by atoms with E-state index in [9.17, 15) is 20.2 Å². The van der Waals surface area contributed by atoms with Crippen LogP contribution in [0.3, 0.4) is 0 Å². The van der Waals surface area contributed by atoms with E-state index in [-0.39, 0.29) is 10.0 Å². The van der Waals surface area contributed by atoms with Crippen LogP contribution in [0.5, 0.6) is 0 Å². The molecule has 0 aliphatic heterocycles. The highest BCUT2D eigenvalue weighted by atomic mass is 79.9.